The molecule has 0 saturated heterocycles. The normalized spacial score (nSPS) is 13.0. The van der Waals surface area contributed by atoms with E-state index in [0.717, 1.165) is 18.5 Å². The number of benzene rings is 1. The standard InChI is InChI=1S/C11H13N3OS.C8H10/c1-15-14-9-4-2-8(3-5-9)6-10-7-13-11(12)16-10;1-8-6-4-2-3-5-7-8/h2-5,7,14H,6H2,1H3,(H2,12,13);2-4,6-7H,5H2,1H3/p+1. The summed E-state index contributed by atoms with van der Waals surface area (Å²) in [7, 11) is 1.65. The highest BCUT2D eigenvalue weighted by molar-refractivity contribution is 7.15. The first-order chi connectivity index (χ1) is 11.7. The Morgan fingerprint density at radius 3 is 2.71 bits per heavy atom. The van der Waals surface area contributed by atoms with Gasteiger partial charge in [-0.15, -0.1) is 11.3 Å². The van der Waals surface area contributed by atoms with E-state index in [-0.39, 0.29) is 0 Å². The van der Waals surface area contributed by atoms with Gasteiger partial charge in [0.05, 0.1) is 7.11 Å². The van der Waals surface area contributed by atoms with Crippen molar-refractivity contribution in [1.29, 1.82) is 0 Å². The summed E-state index contributed by atoms with van der Waals surface area (Å²) in [5, 5.41) is 0.624. The smallest absolute Gasteiger partial charge is 0.180 e. The van der Waals surface area contributed by atoms with Crippen molar-refractivity contribution >= 4 is 22.2 Å². The topological polar surface area (TPSA) is 64.8 Å². The number of quaternary nitrogens is 1. The van der Waals surface area contributed by atoms with Gasteiger partial charge in [0.1, 0.15) is 0 Å². The molecule has 1 aliphatic rings. The van der Waals surface area contributed by atoms with Crippen molar-refractivity contribution in [1.82, 2.24) is 4.98 Å². The number of nitrogens with zero attached hydrogens (tertiary/aromatic N) is 1. The van der Waals surface area contributed by atoms with Gasteiger partial charge in [0, 0.05) is 29.6 Å². The predicted molar refractivity (Wildman–Crippen MR) is 101 cm³/mol. The molecule has 0 radical (unpaired) electrons. The van der Waals surface area contributed by atoms with Gasteiger partial charge in [-0.05, 0) is 18.9 Å². The Morgan fingerprint density at radius 2 is 2.04 bits per heavy atom. The quantitative estimate of drug-likeness (QED) is 0.660. The molecule has 0 amide bonds. The number of nitrogens with two attached hydrogens (primary N) is 2. The molecule has 1 aromatic heterocycles. The number of allylic oxidation sites excluding steroid dienone is 6. The molecule has 0 bridgehead atoms. The molecule has 2 aromatic rings. The minimum Gasteiger partial charge on any atom is -0.375 e. The Bertz CT molecular complexity index is 712. The maximum absolute atomic E-state index is 5.58. The zero-order valence-electron chi connectivity index (χ0n) is 14.1. The predicted octanol–water partition coefficient (Wildman–Crippen LogP) is 3.52. The lowest BCUT2D eigenvalue weighted by molar-refractivity contribution is -0.830. The van der Waals surface area contributed by atoms with E-state index in [2.05, 4.69) is 54.4 Å². The van der Waals surface area contributed by atoms with Crippen LogP contribution in [0.5, 0.6) is 0 Å². The number of nitrogen functional groups attached to an aromatic ring is 1. The first-order valence-corrected chi connectivity index (χ1v) is 8.64. The second-order valence-corrected chi connectivity index (χ2v) is 6.55. The number of hydrogen-bond acceptors (Lipinski definition) is 4. The molecule has 4 N–H and O–H groups in total. The summed E-state index contributed by atoms with van der Waals surface area (Å²) < 4.78 is 0. The highest BCUT2D eigenvalue weighted by Gasteiger charge is 2.02. The fraction of sp³-hybridized carbons (Fsp3) is 0.211. The maximum atomic E-state index is 5.58. The third-order valence-electron chi connectivity index (χ3n) is 3.37. The van der Waals surface area contributed by atoms with Crippen molar-refractivity contribution in [2.24, 2.45) is 0 Å². The second kappa shape index (κ2) is 9.82. The number of aromatic nitrogens is 1. The summed E-state index contributed by atoms with van der Waals surface area (Å²) in [6.07, 6.45) is 14.4. The number of hydrogen-bond donors (Lipinski definition) is 2. The Labute approximate surface area is 147 Å². The van der Waals surface area contributed by atoms with E-state index in [1.165, 1.54) is 27.4 Å². The van der Waals surface area contributed by atoms with Crippen molar-refractivity contribution in [2.45, 2.75) is 19.8 Å². The molecule has 24 heavy (non-hydrogen) atoms. The molecule has 3 rings (SSSR count). The van der Waals surface area contributed by atoms with Gasteiger partial charge in [0.15, 0.2) is 10.8 Å². The van der Waals surface area contributed by atoms with E-state index < -0.39 is 0 Å². The van der Waals surface area contributed by atoms with Gasteiger partial charge >= 0.3 is 0 Å². The Hall–Kier alpha value is -2.21. The minimum atomic E-state index is 0.624. The van der Waals surface area contributed by atoms with Crippen LogP contribution in [0.25, 0.3) is 0 Å². The van der Waals surface area contributed by atoms with Crippen LogP contribution in [0, 0.1) is 0 Å². The van der Waals surface area contributed by atoms with Crippen LogP contribution in [0.15, 0.2) is 66.4 Å². The van der Waals surface area contributed by atoms with Crippen molar-refractivity contribution in [3.05, 3.63) is 76.9 Å². The molecule has 0 saturated carbocycles. The van der Waals surface area contributed by atoms with Gasteiger partial charge in [0.25, 0.3) is 0 Å². The molecular formula is C19H24N3OS+. The van der Waals surface area contributed by atoms with Crippen LogP contribution in [0.3, 0.4) is 0 Å². The van der Waals surface area contributed by atoms with Gasteiger partial charge in [0.2, 0.25) is 0 Å². The van der Waals surface area contributed by atoms with Gasteiger partial charge in [-0.2, -0.15) is 5.48 Å². The molecule has 126 valence electrons. The van der Waals surface area contributed by atoms with Crippen molar-refractivity contribution in [3.63, 3.8) is 0 Å². The van der Waals surface area contributed by atoms with E-state index in [0.29, 0.717) is 5.13 Å². The zero-order valence-corrected chi connectivity index (χ0v) is 14.9. The van der Waals surface area contributed by atoms with E-state index in [9.17, 15) is 0 Å². The molecule has 1 aromatic carbocycles. The summed E-state index contributed by atoms with van der Waals surface area (Å²) in [5.41, 5.74) is 11.0. The monoisotopic (exact) mass is 342 g/mol. The summed E-state index contributed by atoms with van der Waals surface area (Å²) in [6, 6.07) is 8.23. The molecule has 0 fully saturated rings. The molecule has 0 unspecified atom stereocenters. The fourth-order valence-corrected chi connectivity index (χ4v) is 2.86. The highest BCUT2D eigenvalue weighted by atomic mass is 32.1. The molecule has 1 heterocycles. The van der Waals surface area contributed by atoms with Gasteiger partial charge in [-0.3, -0.25) is 0 Å². The molecule has 0 spiro atoms. The Morgan fingerprint density at radius 1 is 1.25 bits per heavy atom. The zero-order chi connectivity index (χ0) is 17.2. The van der Waals surface area contributed by atoms with Crippen molar-refractivity contribution in [2.75, 3.05) is 12.8 Å². The van der Waals surface area contributed by atoms with Crippen molar-refractivity contribution < 1.29 is 10.3 Å². The van der Waals surface area contributed by atoms with E-state index in [1.54, 1.807) is 12.6 Å². The molecule has 5 heteroatoms. The molecular weight excluding hydrogens is 318 g/mol. The summed E-state index contributed by atoms with van der Waals surface area (Å²) in [4.78, 5) is 10.2. The van der Waals surface area contributed by atoms with Crippen LogP contribution < -0.4 is 11.2 Å². The summed E-state index contributed by atoms with van der Waals surface area (Å²) in [6.45, 7) is 2.11. The number of anilines is 1. The molecule has 0 aliphatic heterocycles. The second-order valence-electron chi connectivity index (χ2n) is 5.41. The maximum Gasteiger partial charge on any atom is 0.180 e. The van der Waals surface area contributed by atoms with Gasteiger partial charge in [-0.25, -0.2) is 9.82 Å². The molecule has 4 nitrogen and oxygen atoms in total. The van der Waals surface area contributed by atoms with Crippen LogP contribution >= 0.6 is 11.3 Å². The van der Waals surface area contributed by atoms with Crippen LogP contribution in [0.4, 0.5) is 10.8 Å². The van der Waals surface area contributed by atoms with Crippen LogP contribution in [0.2, 0.25) is 0 Å². The van der Waals surface area contributed by atoms with Gasteiger partial charge in [-0.1, -0.05) is 48.1 Å². The van der Waals surface area contributed by atoms with Crippen LogP contribution in [-0.2, 0) is 11.3 Å². The van der Waals surface area contributed by atoms with E-state index >= 15 is 0 Å². The Balaban J connectivity index is 0.000000219. The lowest BCUT2D eigenvalue weighted by Gasteiger charge is -1.99. The third-order valence-corrected chi connectivity index (χ3v) is 4.19. The summed E-state index contributed by atoms with van der Waals surface area (Å²) >= 11 is 1.53. The minimum absolute atomic E-state index is 0.624. The fourth-order valence-electron chi connectivity index (χ4n) is 2.14. The first kappa shape index (κ1) is 18.1. The highest BCUT2D eigenvalue weighted by Crippen LogP contribution is 2.18. The largest absolute Gasteiger partial charge is 0.375 e. The van der Waals surface area contributed by atoms with E-state index in [4.69, 9.17) is 10.6 Å². The summed E-state index contributed by atoms with van der Waals surface area (Å²) in [5.74, 6) is 0. The lowest BCUT2D eigenvalue weighted by Crippen LogP contribution is -2.75. The lowest BCUT2D eigenvalue weighted by atomic mass is 10.1. The van der Waals surface area contributed by atoms with E-state index in [1.807, 2.05) is 18.3 Å². The van der Waals surface area contributed by atoms with Gasteiger partial charge < -0.3 is 5.73 Å². The third kappa shape index (κ3) is 6.50. The number of rotatable bonds is 4. The van der Waals surface area contributed by atoms with Crippen molar-refractivity contribution in [3.8, 4) is 0 Å². The number of thiazole rings is 1. The molecule has 0 atom stereocenters. The SMILES string of the molecule is CC1=CCC=CC=C1.CO[NH2+]c1ccc(Cc2cnc(N)s2)cc1. The average molecular weight is 342 g/mol. The van der Waals surface area contributed by atoms with Crippen LogP contribution in [-0.4, -0.2) is 12.1 Å². The average Bonchev–Trinajstić information content (AvgIpc) is 2.83. The van der Waals surface area contributed by atoms with Crippen LogP contribution in [0.1, 0.15) is 23.8 Å². The Kier molecular flexibility index (Phi) is 7.42. The molecule has 1 aliphatic carbocycles. The first-order valence-electron chi connectivity index (χ1n) is 7.82.